The number of rotatable bonds is 4. The van der Waals surface area contributed by atoms with Crippen molar-refractivity contribution in [2.75, 3.05) is 5.75 Å². The molecule has 0 radical (unpaired) electrons. The Morgan fingerprint density at radius 1 is 1.06 bits per heavy atom. The van der Waals surface area contributed by atoms with Gasteiger partial charge in [0.1, 0.15) is 5.82 Å². The van der Waals surface area contributed by atoms with E-state index in [0.717, 1.165) is 40.7 Å². The molecular weight excluding hydrogens is 435 g/mol. The van der Waals surface area contributed by atoms with Crippen molar-refractivity contribution in [2.24, 2.45) is 11.0 Å². The molecule has 1 aromatic heterocycles. The van der Waals surface area contributed by atoms with E-state index >= 15 is 0 Å². The van der Waals surface area contributed by atoms with Crippen LogP contribution in [0.25, 0.3) is 11.0 Å². The second kappa shape index (κ2) is 8.15. The summed E-state index contributed by atoms with van der Waals surface area (Å²) >= 11 is 1.37. The van der Waals surface area contributed by atoms with Gasteiger partial charge in [0, 0.05) is 11.5 Å². The second-order valence-electron chi connectivity index (χ2n) is 8.37. The average molecular weight is 457 g/mol. The zero-order chi connectivity index (χ0) is 22.4. The van der Waals surface area contributed by atoms with Gasteiger partial charge in [0.15, 0.2) is 5.16 Å². The van der Waals surface area contributed by atoms with Crippen molar-refractivity contribution in [3.05, 3.63) is 95.3 Å². The first-order valence-electron chi connectivity index (χ1n) is 11.0. The molecule has 0 bridgehead atoms. The van der Waals surface area contributed by atoms with Crippen molar-refractivity contribution in [2.45, 2.75) is 24.0 Å². The standard InChI is InChI=1S/C26H21FN4OS/c27-18-12-9-17(10-13-18)25-20-14-11-16-5-1-2-6-19(16)24(20)30-31(25)23(32)15-33-26-28-21-7-3-4-8-22(21)29-26/h1-10,12-13,20,25H,11,14-15H2,(H,28,29)/t20-,25-/m1/s1. The Balaban J connectivity index is 1.31. The van der Waals surface area contributed by atoms with Gasteiger partial charge in [-0.2, -0.15) is 5.10 Å². The van der Waals surface area contributed by atoms with Gasteiger partial charge in [0.2, 0.25) is 0 Å². The number of thioether (sulfide) groups is 1. The van der Waals surface area contributed by atoms with Crippen LogP contribution in [0.4, 0.5) is 4.39 Å². The number of H-pyrrole nitrogens is 1. The third-order valence-corrected chi connectivity index (χ3v) is 7.25. The van der Waals surface area contributed by atoms with E-state index in [9.17, 15) is 9.18 Å². The largest absolute Gasteiger partial charge is 0.333 e. The molecule has 4 aromatic rings. The highest BCUT2D eigenvalue weighted by Crippen LogP contribution is 2.43. The molecule has 2 atom stereocenters. The molecule has 5 nitrogen and oxygen atoms in total. The number of carbonyl (C=O) groups is 1. The topological polar surface area (TPSA) is 61.4 Å². The number of hydrogen-bond donors (Lipinski definition) is 1. The van der Waals surface area contributed by atoms with Crippen molar-refractivity contribution < 1.29 is 9.18 Å². The van der Waals surface area contributed by atoms with Crippen LogP contribution in [0.5, 0.6) is 0 Å². The molecule has 0 fully saturated rings. The third kappa shape index (κ3) is 3.62. The summed E-state index contributed by atoms with van der Waals surface area (Å²) in [5.74, 6) is -0.0762. The van der Waals surface area contributed by atoms with Crippen molar-refractivity contribution in [1.82, 2.24) is 15.0 Å². The number of benzene rings is 3. The van der Waals surface area contributed by atoms with Gasteiger partial charge in [0.05, 0.1) is 28.5 Å². The second-order valence-corrected chi connectivity index (χ2v) is 9.33. The van der Waals surface area contributed by atoms with E-state index in [2.05, 4.69) is 22.1 Å². The van der Waals surface area contributed by atoms with E-state index in [1.165, 1.54) is 29.5 Å². The molecule has 33 heavy (non-hydrogen) atoms. The predicted octanol–water partition coefficient (Wildman–Crippen LogP) is 5.34. The first-order valence-corrected chi connectivity index (χ1v) is 12.0. The molecule has 0 saturated carbocycles. The Morgan fingerprint density at radius 2 is 1.85 bits per heavy atom. The molecule has 6 rings (SSSR count). The number of para-hydroxylation sites is 2. The number of hydrogen-bond acceptors (Lipinski definition) is 4. The lowest BCUT2D eigenvalue weighted by Crippen LogP contribution is -2.33. The Bertz CT molecular complexity index is 1350. The lowest BCUT2D eigenvalue weighted by molar-refractivity contribution is -0.130. The number of hydrazone groups is 1. The fourth-order valence-electron chi connectivity index (χ4n) is 4.86. The predicted molar refractivity (Wildman–Crippen MR) is 128 cm³/mol. The van der Waals surface area contributed by atoms with E-state index in [1.807, 2.05) is 36.4 Å². The summed E-state index contributed by atoms with van der Waals surface area (Å²) < 4.78 is 13.6. The fraction of sp³-hybridized carbons (Fsp3) is 0.192. The maximum atomic E-state index is 13.6. The summed E-state index contributed by atoms with van der Waals surface area (Å²) in [6, 6.07) is 22.3. The minimum absolute atomic E-state index is 0.0884. The molecule has 3 aromatic carbocycles. The van der Waals surface area contributed by atoms with Gasteiger partial charge in [-0.05, 0) is 48.2 Å². The summed E-state index contributed by atoms with van der Waals surface area (Å²) in [6.45, 7) is 0. The highest BCUT2D eigenvalue weighted by Gasteiger charge is 2.43. The highest BCUT2D eigenvalue weighted by atomic mass is 32.2. The first-order chi connectivity index (χ1) is 16.2. The number of aromatic amines is 1. The fourth-order valence-corrected chi connectivity index (χ4v) is 5.60. The molecule has 0 spiro atoms. The van der Waals surface area contributed by atoms with Gasteiger partial charge >= 0.3 is 0 Å². The summed E-state index contributed by atoms with van der Waals surface area (Å²) in [5.41, 5.74) is 6.05. The SMILES string of the molecule is O=C(CSc1nc2ccccc2[nH]1)N1N=C2c3ccccc3CC[C@H]2[C@H]1c1ccc(F)cc1. The van der Waals surface area contributed by atoms with Crippen LogP contribution in [0.1, 0.15) is 29.2 Å². The molecule has 7 heteroatoms. The smallest absolute Gasteiger partial charge is 0.253 e. The molecule has 1 amide bonds. The first kappa shape index (κ1) is 20.2. The highest BCUT2D eigenvalue weighted by molar-refractivity contribution is 7.99. The van der Waals surface area contributed by atoms with Crippen molar-refractivity contribution >= 4 is 34.4 Å². The van der Waals surface area contributed by atoms with E-state index in [4.69, 9.17) is 5.10 Å². The van der Waals surface area contributed by atoms with Crippen LogP contribution in [0, 0.1) is 11.7 Å². The van der Waals surface area contributed by atoms with E-state index < -0.39 is 0 Å². The summed E-state index contributed by atoms with van der Waals surface area (Å²) in [7, 11) is 0. The maximum Gasteiger partial charge on any atom is 0.253 e. The molecule has 1 aliphatic heterocycles. The Labute approximate surface area is 194 Å². The van der Waals surface area contributed by atoms with E-state index in [0.29, 0.717) is 5.16 Å². The van der Waals surface area contributed by atoms with Gasteiger partial charge in [-0.15, -0.1) is 0 Å². The van der Waals surface area contributed by atoms with E-state index in [-0.39, 0.29) is 29.4 Å². The molecule has 164 valence electrons. The average Bonchev–Trinajstić information content (AvgIpc) is 3.44. The summed E-state index contributed by atoms with van der Waals surface area (Å²) in [5, 5.41) is 7.17. The number of aryl methyl sites for hydroxylation is 1. The van der Waals surface area contributed by atoms with Crippen LogP contribution in [-0.2, 0) is 11.2 Å². The van der Waals surface area contributed by atoms with E-state index in [1.54, 1.807) is 17.1 Å². The summed E-state index contributed by atoms with van der Waals surface area (Å²) in [4.78, 5) is 21.2. The third-order valence-electron chi connectivity index (χ3n) is 6.40. The maximum absolute atomic E-state index is 13.6. The van der Waals surface area contributed by atoms with Gasteiger partial charge < -0.3 is 4.98 Å². The number of imidazole rings is 1. The van der Waals surface area contributed by atoms with Crippen molar-refractivity contribution in [1.29, 1.82) is 0 Å². The van der Waals surface area contributed by atoms with Gasteiger partial charge in [0.25, 0.3) is 5.91 Å². The molecule has 0 saturated heterocycles. The molecule has 1 N–H and O–H groups in total. The van der Waals surface area contributed by atoms with Crippen LogP contribution < -0.4 is 0 Å². The van der Waals surface area contributed by atoms with Crippen LogP contribution in [0.2, 0.25) is 0 Å². The number of amides is 1. The lowest BCUT2D eigenvalue weighted by Gasteiger charge is -2.29. The minimum atomic E-state index is -0.287. The van der Waals surface area contributed by atoms with Gasteiger partial charge in [-0.25, -0.2) is 14.4 Å². The lowest BCUT2D eigenvalue weighted by atomic mass is 9.77. The summed E-state index contributed by atoms with van der Waals surface area (Å²) in [6.07, 6.45) is 1.84. The quantitative estimate of drug-likeness (QED) is 0.422. The van der Waals surface area contributed by atoms with Crippen LogP contribution in [0.3, 0.4) is 0 Å². The molecule has 1 aliphatic carbocycles. The number of aromatic nitrogens is 2. The number of nitrogens with zero attached hydrogens (tertiary/aromatic N) is 3. The number of fused-ring (bicyclic) bond motifs is 4. The van der Waals surface area contributed by atoms with Crippen LogP contribution in [-0.4, -0.2) is 32.3 Å². The number of halogens is 1. The number of carbonyl (C=O) groups excluding carboxylic acids is 1. The van der Waals surface area contributed by atoms with Crippen molar-refractivity contribution in [3.8, 4) is 0 Å². The Hall–Kier alpha value is -3.45. The zero-order valence-corrected chi connectivity index (χ0v) is 18.6. The zero-order valence-electron chi connectivity index (χ0n) is 17.7. The van der Waals surface area contributed by atoms with Gasteiger partial charge in [-0.1, -0.05) is 60.3 Å². The normalized spacial score (nSPS) is 19.3. The molecule has 0 unspecified atom stereocenters. The molecule has 2 aliphatic rings. The van der Waals surface area contributed by atoms with Crippen LogP contribution in [0.15, 0.2) is 83.1 Å². The number of nitrogens with one attached hydrogen (secondary N) is 1. The Kier molecular flexibility index (Phi) is 4.99. The van der Waals surface area contributed by atoms with Crippen LogP contribution >= 0.6 is 11.8 Å². The molecular formula is C26H21FN4OS. The minimum Gasteiger partial charge on any atom is -0.333 e. The van der Waals surface area contributed by atoms with Gasteiger partial charge in [-0.3, -0.25) is 4.79 Å². The van der Waals surface area contributed by atoms with Crippen molar-refractivity contribution in [3.63, 3.8) is 0 Å². The monoisotopic (exact) mass is 456 g/mol. The molecule has 2 heterocycles. The Morgan fingerprint density at radius 3 is 2.70 bits per heavy atom.